The highest BCUT2D eigenvalue weighted by Crippen LogP contribution is 2.56. The summed E-state index contributed by atoms with van der Waals surface area (Å²) >= 11 is 0. The summed E-state index contributed by atoms with van der Waals surface area (Å²) in [5.74, 6) is 0. The smallest absolute Gasteiger partial charge is 0.0664 e. The molecule has 0 nitrogen and oxygen atoms in total. The molecule has 4 aliphatic rings. The van der Waals surface area contributed by atoms with Crippen molar-refractivity contribution >= 4 is 78.5 Å². The lowest BCUT2D eigenvalue weighted by molar-refractivity contribution is 1.48. The molecule has 92 heavy (non-hydrogen) atoms. The summed E-state index contributed by atoms with van der Waals surface area (Å²) in [6, 6.07) is 116. The second-order valence-corrected chi connectivity index (χ2v) is 26.1. The highest BCUT2D eigenvalue weighted by Gasteiger charge is 2.45. The van der Waals surface area contributed by atoms with Crippen molar-refractivity contribution < 1.29 is 0 Å². The van der Waals surface area contributed by atoms with Gasteiger partial charge in [-0.05, 0) is 227 Å². The maximum atomic E-state index is 2.72. The van der Waals surface area contributed by atoms with Crippen LogP contribution < -0.4 is 32.8 Å². The Kier molecular flexibility index (Phi) is 11.0. The summed E-state index contributed by atoms with van der Waals surface area (Å²) in [5.41, 5.74) is 41.0. The minimum absolute atomic E-state index is 0.0156. The number of fused-ring (bicyclic) bond motifs is 10. The van der Waals surface area contributed by atoms with Crippen molar-refractivity contribution in [2.75, 3.05) is 0 Å². The normalized spacial score (nSPS) is 12.6. The first-order chi connectivity index (χ1) is 45.5. The molecular weight excluding hydrogens is 1100 g/mol. The average Bonchev–Trinajstić information content (AvgIpc) is 1.20. The molecule has 20 rings (SSSR count). The first kappa shape index (κ1) is 51.6. The molecule has 0 atom stereocenters. The van der Waals surface area contributed by atoms with Gasteiger partial charge < -0.3 is 0 Å². The standard InChI is InChI=1S/C90H56B2/c1-53-41-75-63-37-21-23-39-79(63)91-81-51-74-70(84-67(59-33-17-7-18-34-59)47-62(56-27-11-4-12-28-56)48-68(84)60-35-19-8-20-36-60)50-72-78-44-54(2)42-76-64-38-22-24-40-80(64)92(90(76)78)82-52-73-69(49-71(77(43-53)89(75)91)85(81)87(73)88(74)86(72)82)83-65(57-29-13-5-14-30-57)45-61(55-25-9-3-10-26-55)46-66(83)58-31-15-6-16-32-58/h3-52H,1-2H3. The summed E-state index contributed by atoms with van der Waals surface area (Å²) in [5, 5.41) is 8.01. The van der Waals surface area contributed by atoms with Crippen molar-refractivity contribution in [1.29, 1.82) is 0 Å². The molecular formula is C90H56B2. The van der Waals surface area contributed by atoms with Gasteiger partial charge in [0.15, 0.2) is 0 Å². The quantitative estimate of drug-likeness (QED) is 0.105. The monoisotopic (exact) mass is 1160 g/mol. The van der Waals surface area contributed by atoms with Crippen molar-refractivity contribution in [2.45, 2.75) is 13.8 Å². The largest absolute Gasteiger partial charge is 0.244 e. The van der Waals surface area contributed by atoms with E-state index >= 15 is 0 Å². The number of hydrogen-bond acceptors (Lipinski definition) is 0. The lowest BCUT2D eigenvalue weighted by atomic mass is 9.34. The van der Waals surface area contributed by atoms with Gasteiger partial charge in [0.1, 0.15) is 0 Å². The molecule has 4 heterocycles. The van der Waals surface area contributed by atoms with Crippen LogP contribution in [-0.4, -0.2) is 13.4 Å². The zero-order valence-electron chi connectivity index (χ0n) is 51.0. The Balaban J connectivity index is 1.05. The van der Waals surface area contributed by atoms with E-state index in [0.29, 0.717) is 0 Å². The molecule has 0 saturated heterocycles. The minimum atomic E-state index is 0.0156. The summed E-state index contributed by atoms with van der Waals surface area (Å²) in [7, 11) is 0. The second kappa shape index (κ2) is 19.6. The van der Waals surface area contributed by atoms with Crippen LogP contribution in [0.1, 0.15) is 11.1 Å². The van der Waals surface area contributed by atoms with Crippen molar-refractivity contribution in [2.24, 2.45) is 0 Å². The molecule has 0 spiro atoms. The molecule has 0 bridgehead atoms. The van der Waals surface area contributed by atoms with Crippen molar-refractivity contribution in [3.05, 3.63) is 314 Å². The van der Waals surface area contributed by atoms with Gasteiger partial charge in [0.2, 0.25) is 13.4 Å². The van der Waals surface area contributed by atoms with E-state index in [1.165, 1.54) is 210 Å². The molecule has 0 amide bonds. The van der Waals surface area contributed by atoms with Gasteiger partial charge in [-0.25, -0.2) is 0 Å². The van der Waals surface area contributed by atoms with Gasteiger partial charge in [0.25, 0.3) is 0 Å². The summed E-state index contributed by atoms with van der Waals surface area (Å²) in [4.78, 5) is 0. The number of hydrogen-bond donors (Lipinski definition) is 0. The molecule has 2 heteroatoms. The highest BCUT2D eigenvalue weighted by atomic mass is 14.4. The Hall–Kier alpha value is -11.3. The van der Waals surface area contributed by atoms with E-state index in [1.807, 2.05) is 0 Å². The predicted octanol–water partition coefficient (Wildman–Crippen LogP) is 19.5. The molecule has 422 valence electrons. The number of rotatable bonds is 8. The molecule has 16 aromatic carbocycles. The molecule has 0 radical (unpaired) electrons. The van der Waals surface area contributed by atoms with Gasteiger partial charge in [-0.2, -0.15) is 0 Å². The fourth-order valence-electron chi connectivity index (χ4n) is 17.5. The Morgan fingerprint density at radius 2 is 0.467 bits per heavy atom. The van der Waals surface area contributed by atoms with Gasteiger partial charge in [-0.1, -0.05) is 300 Å². The Morgan fingerprint density at radius 1 is 0.185 bits per heavy atom. The third kappa shape index (κ3) is 7.32. The SMILES string of the molecule is Cc1cc2c3c(c1)-c1cc(-c4c(-c5ccccc5)cc(-c5ccccc5)cc4-c4ccccc4)c4cc5c6c(cc(-c7c(-c8ccccc8)cc(-c8ccccc8)cc7-c7ccccc7)c7cc(c1c4c76)B3c1ccccc1-2)-c1cc(C)cc2c1B5c1ccccc1-2. The van der Waals surface area contributed by atoms with Gasteiger partial charge in [-0.3, -0.25) is 0 Å². The van der Waals surface area contributed by atoms with Crippen LogP contribution in [0.3, 0.4) is 0 Å². The molecule has 0 fully saturated rings. The zero-order valence-corrected chi connectivity index (χ0v) is 51.0. The Bertz CT molecular complexity index is 5310. The van der Waals surface area contributed by atoms with Crippen molar-refractivity contribution in [3.8, 4) is 134 Å². The van der Waals surface area contributed by atoms with Gasteiger partial charge in [0, 0.05) is 0 Å². The zero-order chi connectivity index (χ0) is 60.4. The van der Waals surface area contributed by atoms with E-state index in [9.17, 15) is 0 Å². The van der Waals surface area contributed by atoms with E-state index in [-0.39, 0.29) is 13.4 Å². The van der Waals surface area contributed by atoms with Crippen LogP contribution in [0.5, 0.6) is 0 Å². The van der Waals surface area contributed by atoms with Crippen molar-refractivity contribution in [1.82, 2.24) is 0 Å². The maximum absolute atomic E-state index is 2.72. The molecule has 0 N–H and O–H groups in total. The molecule has 0 unspecified atom stereocenters. The third-order valence-electron chi connectivity index (χ3n) is 21.1. The van der Waals surface area contributed by atoms with Crippen LogP contribution in [0.25, 0.3) is 166 Å². The summed E-state index contributed by atoms with van der Waals surface area (Å²) < 4.78 is 0. The van der Waals surface area contributed by atoms with Crippen LogP contribution in [0.4, 0.5) is 0 Å². The highest BCUT2D eigenvalue weighted by molar-refractivity contribution is 7.03. The average molecular weight is 1160 g/mol. The lowest BCUT2D eigenvalue weighted by Gasteiger charge is -2.34. The third-order valence-corrected chi connectivity index (χ3v) is 21.1. The second-order valence-electron chi connectivity index (χ2n) is 26.1. The summed E-state index contributed by atoms with van der Waals surface area (Å²) in [6.45, 7) is 4.65. The molecule has 16 aromatic rings. The van der Waals surface area contributed by atoms with E-state index < -0.39 is 0 Å². The topological polar surface area (TPSA) is 0 Å². The van der Waals surface area contributed by atoms with E-state index in [2.05, 4.69) is 317 Å². The maximum Gasteiger partial charge on any atom is 0.244 e. The molecule has 0 aromatic heterocycles. The fourth-order valence-corrected chi connectivity index (χ4v) is 17.5. The van der Waals surface area contributed by atoms with Crippen LogP contribution in [-0.2, 0) is 0 Å². The van der Waals surface area contributed by atoms with E-state index in [4.69, 9.17) is 0 Å². The van der Waals surface area contributed by atoms with E-state index in [0.717, 1.165) is 0 Å². The van der Waals surface area contributed by atoms with Crippen LogP contribution in [0.2, 0.25) is 0 Å². The fraction of sp³-hybridized carbons (Fsp3) is 0.0222. The Morgan fingerprint density at radius 3 is 0.793 bits per heavy atom. The van der Waals surface area contributed by atoms with Gasteiger partial charge >= 0.3 is 0 Å². The number of benzene rings is 16. The first-order valence-corrected chi connectivity index (χ1v) is 32.5. The first-order valence-electron chi connectivity index (χ1n) is 32.5. The van der Waals surface area contributed by atoms with Gasteiger partial charge in [-0.15, -0.1) is 0 Å². The lowest BCUT2D eigenvalue weighted by Crippen LogP contribution is -2.53. The molecule has 0 aliphatic carbocycles. The number of aryl methyl sites for hydroxylation is 2. The predicted molar refractivity (Wildman–Crippen MR) is 394 cm³/mol. The van der Waals surface area contributed by atoms with Crippen molar-refractivity contribution in [3.63, 3.8) is 0 Å². The molecule has 4 aliphatic heterocycles. The Labute approximate surface area is 536 Å². The van der Waals surface area contributed by atoms with Crippen LogP contribution in [0.15, 0.2) is 303 Å². The summed E-state index contributed by atoms with van der Waals surface area (Å²) in [6.07, 6.45) is 0. The minimum Gasteiger partial charge on any atom is -0.0664 e. The van der Waals surface area contributed by atoms with E-state index in [1.54, 1.807) is 0 Å². The van der Waals surface area contributed by atoms with Gasteiger partial charge in [0.05, 0.1) is 0 Å². The van der Waals surface area contributed by atoms with Crippen LogP contribution >= 0.6 is 0 Å². The van der Waals surface area contributed by atoms with Crippen LogP contribution in [0, 0.1) is 13.8 Å². The molecule has 0 saturated carbocycles.